The topological polar surface area (TPSA) is 99.1 Å². The summed E-state index contributed by atoms with van der Waals surface area (Å²) in [6, 6.07) is 1.66. The summed E-state index contributed by atoms with van der Waals surface area (Å²) in [4.78, 5) is 10.2. The summed E-state index contributed by atoms with van der Waals surface area (Å²) in [5.41, 5.74) is 5.71. The van der Waals surface area contributed by atoms with Gasteiger partial charge in [0.15, 0.2) is 0 Å². The van der Waals surface area contributed by atoms with Crippen molar-refractivity contribution in [1.29, 1.82) is 5.41 Å². The first kappa shape index (κ1) is 13.4. The number of nitrogens with zero attached hydrogens (tertiary/aromatic N) is 3. The van der Waals surface area contributed by atoms with Gasteiger partial charge in [-0.2, -0.15) is 0 Å². The van der Waals surface area contributed by atoms with Crippen molar-refractivity contribution in [2.75, 3.05) is 18.5 Å². The van der Waals surface area contributed by atoms with Crippen molar-refractivity contribution in [1.82, 2.24) is 9.97 Å². The molecule has 1 aromatic heterocycles. The van der Waals surface area contributed by atoms with Crippen molar-refractivity contribution in [3.05, 3.63) is 17.5 Å². The van der Waals surface area contributed by atoms with Gasteiger partial charge < -0.3 is 15.7 Å². The van der Waals surface area contributed by atoms with Crippen LogP contribution in [0, 0.1) is 12.3 Å². The number of anilines is 1. The minimum atomic E-state index is -0.835. The van der Waals surface area contributed by atoms with Crippen LogP contribution in [0.2, 0.25) is 0 Å². The number of nitrogens with one attached hydrogen (secondary N) is 1. The van der Waals surface area contributed by atoms with Gasteiger partial charge in [-0.25, -0.2) is 9.97 Å². The van der Waals surface area contributed by atoms with Crippen molar-refractivity contribution in [2.24, 2.45) is 5.73 Å². The molecular formula is C11H19N5O. The molecule has 0 unspecified atom stereocenters. The molecule has 0 fully saturated rings. The Kier molecular flexibility index (Phi) is 3.67. The third kappa shape index (κ3) is 3.99. The summed E-state index contributed by atoms with van der Waals surface area (Å²) in [5.74, 6) is 0.366. The van der Waals surface area contributed by atoms with Gasteiger partial charge in [-0.05, 0) is 26.8 Å². The fourth-order valence-electron chi connectivity index (χ4n) is 1.51. The first-order chi connectivity index (χ1) is 7.69. The maximum absolute atomic E-state index is 9.73. The predicted octanol–water partition coefficient (Wildman–Crippen LogP) is 0.276. The molecule has 1 heterocycles. The Morgan fingerprint density at radius 1 is 1.53 bits per heavy atom. The molecule has 94 valence electrons. The monoisotopic (exact) mass is 237 g/mol. The second-order valence-electron chi connectivity index (χ2n) is 4.78. The highest BCUT2D eigenvalue weighted by molar-refractivity contribution is 5.93. The zero-order chi connectivity index (χ0) is 13.2. The molecule has 0 saturated heterocycles. The Hall–Kier alpha value is -1.69. The molecular weight excluding hydrogens is 218 g/mol. The highest BCUT2D eigenvalue weighted by Gasteiger charge is 2.18. The summed E-state index contributed by atoms with van der Waals surface area (Å²) >= 11 is 0. The van der Waals surface area contributed by atoms with Crippen LogP contribution in [0.5, 0.6) is 0 Å². The highest BCUT2D eigenvalue weighted by Crippen LogP contribution is 2.12. The van der Waals surface area contributed by atoms with Crippen LogP contribution in [-0.2, 0) is 0 Å². The van der Waals surface area contributed by atoms with Crippen molar-refractivity contribution in [3.63, 3.8) is 0 Å². The van der Waals surface area contributed by atoms with E-state index < -0.39 is 5.60 Å². The summed E-state index contributed by atoms with van der Waals surface area (Å²) in [6.45, 7) is 5.64. The average Bonchev–Trinajstić information content (AvgIpc) is 2.13. The lowest BCUT2D eigenvalue weighted by Crippen LogP contribution is -2.37. The van der Waals surface area contributed by atoms with Gasteiger partial charge in [0.25, 0.3) is 0 Å². The summed E-state index contributed by atoms with van der Waals surface area (Å²) in [7, 11) is 1.79. The number of hydrogen-bond acceptors (Lipinski definition) is 5. The fraction of sp³-hybridized carbons (Fsp3) is 0.545. The molecule has 0 aliphatic rings. The molecule has 1 aromatic rings. The SMILES string of the molecule is Cc1cc(C(=N)N)nc(N(C)CC(C)(C)O)n1. The fourth-order valence-corrected chi connectivity index (χ4v) is 1.51. The van der Waals surface area contributed by atoms with E-state index in [0.717, 1.165) is 5.69 Å². The van der Waals surface area contributed by atoms with Crippen molar-refractivity contribution < 1.29 is 5.11 Å². The van der Waals surface area contributed by atoms with Crippen molar-refractivity contribution in [2.45, 2.75) is 26.4 Å². The second kappa shape index (κ2) is 4.67. The van der Waals surface area contributed by atoms with E-state index in [1.54, 1.807) is 31.9 Å². The highest BCUT2D eigenvalue weighted by atomic mass is 16.3. The molecule has 17 heavy (non-hydrogen) atoms. The summed E-state index contributed by atoms with van der Waals surface area (Å²) < 4.78 is 0. The molecule has 0 amide bonds. The van der Waals surface area contributed by atoms with Crippen LogP contribution < -0.4 is 10.6 Å². The zero-order valence-electron chi connectivity index (χ0n) is 10.7. The van der Waals surface area contributed by atoms with E-state index in [2.05, 4.69) is 9.97 Å². The molecule has 1 rings (SSSR count). The number of hydrogen-bond donors (Lipinski definition) is 3. The van der Waals surface area contributed by atoms with Crippen LogP contribution >= 0.6 is 0 Å². The van der Waals surface area contributed by atoms with Crippen molar-refractivity contribution >= 4 is 11.8 Å². The van der Waals surface area contributed by atoms with Gasteiger partial charge in [0.2, 0.25) is 5.95 Å². The largest absolute Gasteiger partial charge is 0.389 e. The summed E-state index contributed by atoms with van der Waals surface area (Å²) in [5, 5.41) is 17.1. The van der Waals surface area contributed by atoms with E-state index in [9.17, 15) is 5.11 Å². The average molecular weight is 237 g/mol. The van der Waals surface area contributed by atoms with Crippen LogP contribution in [0.25, 0.3) is 0 Å². The molecule has 0 aliphatic heterocycles. The van der Waals surface area contributed by atoms with Gasteiger partial charge in [0.1, 0.15) is 11.5 Å². The molecule has 6 heteroatoms. The lowest BCUT2D eigenvalue weighted by molar-refractivity contribution is 0.0882. The minimum absolute atomic E-state index is 0.0894. The maximum Gasteiger partial charge on any atom is 0.226 e. The number of aryl methyl sites for hydroxylation is 1. The molecule has 0 bridgehead atoms. The van der Waals surface area contributed by atoms with Crippen LogP contribution in [0.4, 0.5) is 5.95 Å². The van der Waals surface area contributed by atoms with Gasteiger partial charge in [-0.15, -0.1) is 0 Å². The third-order valence-corrected chi connectivity index (χ3v) is 2.08. The lowest BCUT2D eigenvalue weighted by atomic mass is 10.1. The first-order valence-corrected chi connectivity index (χ1v) is 5.32. The van der Waals surface area contributed by atoms with Crippen LogP contribution in [0.15, 0.2) is 6.07 Å². The number of aliphatic hydroxyl groups is 1. The number of amidine groups is 1. The number of nitrogen functional groups attached to an aromatic ring is 1. The van der Waals surface area contributed by atoms with Gasteiger partial charge in [0.05, 0.1) is 5.60 Å². The van der Waals surface area contributed by atoms with E-state index in [0.29, 0.717) is 18.2 Å². The lowest BCUT2D eigenvalue weighted by Gasteiger charge is -2.25. The Bertz CT molecular complexity index is 424. The van der Waals surface area contributed by atoms with Crippen LogP contribution in [0.1, 0.15) is 25.2 Å². The normalized spacial score (nSPS) is 11.4. The number of nitrogens with two attached hydrogens (primary N) is 1. The molecule has 0 aliphatic carbocycles. The van der Waals surface area contributed by atoms with Crippen molar-refractivity contribution in [3.8, 4) is 0 Å². The standard InChI is InChI=1S/C11H19N5O/c1-7-5-8(9(12)13)15-10(14-7)16(4)6-11(2,3)17/h5,17H,6H2,1-4H3,(H3,12,13). The van der Waals surface area contributed by atoms with Gasteiger partial charge >= 0.3 is 0 Å². The Labute approximate surface area is 101 Å². The predicted molar refractivity (Wildman–Crippen MR) is 67.4 cm³/mol. The molecule has 6 nitrogen and oxygen atoms in total. The molecule has 0 radical (unpaired) electrons. The molecule has 0 saturated carbocycles. The van der Waals surface area contributed by atoms with Gasteiger partial charge in [0, 0.05) is 19.3 Å². The maximum atomic E-state index is 9.73. The van der Waals surface area contributed by atoms with E-state index in [4.69, 9.17) is 11.1 Å². The van der Waals surface area contributed by atoms with E-state index in [-0.39, 0.29) is 5.84 Å². The Balaban J connectivity index is 3.01. The third-order valence-electron chi connectivity index (χ3n) is 2.08. The van der Waals surface area contributed by atoms with Gasteiger partial charge in [-0.1, -0.05) is 0 Å². The first-order valence-electron chi connectivity index (χ1n) is 5.32. The van der Waals surface area contributed by atoms with E-state index in [1.807, 2.05) is 6.92 Å². The molecule has 0 aromatic carbocycles. The molecule has 0 atom stereocenters. The Morgan fingerprint density at radius 2 is 2.12 bits per heavy atom. The second-order valence-corrected chi connectivity index (χ2v) is 4.78. The number of aromatic nitrogens is 2. The quantitative estimate of drug-likeness (QED) is 0.516. The number of likely N-dealkylation sites (N-methyl/N-ethyl adjacent to an activating group) is 1. The smallest absolute Gasteiger partial charge is 0.226 e. The van der Waals surface area contributed by atoms with Crippen LogP contribution in [-0.4, -0.2) is 40.1 Å². The zero-order valence-corrected chi connectivity index (χ0v) is 10.7. The summed E-state index contributed by atoms with van der Waals surface area (Å²) in [6.07, 6.45) is 0. The minimum Gasteiger partial charge on any atom is -0.389 e. The number of rotatable bonds is 4. The van der Waals surface area contributed by atoms with E-state index in [1.165, 1.54) is 0 Å². The van der Waals surface area contributed by atoms with Gasteiger partial charge in [-0.3, -0.25) is 5.41 Å². The molecule has 0 spiro atoms. The van der Waals surface area contributed by atoms with Crippen LogP contribution in [0.3, 0.4) is 0 Å². The Morgan fingerprint density at radius 3 is 2.59 bits per heavy atom. The molecule has 4 N–H and O–H groups in total. The van der Waals surface area contributed by atoms with E-state index >= 15 is 0 Å².